The highest BCUT2D eigenvalue weighted by molar-refractivity contribution is 5.99. The average molecular weight is 479 g/mol. The highest BCUT2D eigenvalue weighted by Crippen LogP contribution is 2.30. The first kappa shape index (κ1) is 25.3. The number of piperidine rings is 1. The number of nitrogens with zero attached hydrogens (tertiary/aromatic N) is 2. The topological polar surface area (TPSA) is 83.6 Å². The maximum Gasteiger partial charge on any atom is 0.417 e. The Morgan fingerprint density at radius 3 is 2.35 bits per heavy atom. The molecule has 1 aliphatic heterocycles. The highest BCUT2D eigenvalue weighted by Gasteiger charge is 2.32. The van der Waals surface area contributed by atoms with Crippen LogP contribution in [0.2, 0.25) is 0 Å². The van der Waals surface area contributed by atoms with Crippen molar-refractivity contribution in [2.75, 3.05) is 25.1 Å². The number of nitrogens with one attached hydrogen (secondary N) is 2. The van der Waals surface area contributed by atoms with Crippen molar-refractivity contribution in [2.45, 2.75) is 44.9 Å². The molecule has 3 rings (SSSR count). The van der Waals surface area contributed by atoms with Gasteiger partial charge in [0.25, 0.3) is 5.91 Å². The minimum absolute atomic E-state index is 0.109. The van der Waals surface area contributed by atoms with Crippen LogP contribution in [0.25, 0.3) is 0 Å². The maximum absolute atomic E-state index is 13.0. The maximum atomic E-state index is 13.0. The molecule has 1 atom stereocenters. The van der Waals surface area contributed by atoms with Crippen molar-refractivity contribution in [2.24, 2.45) is 5.92 Å². The van der Waals surface area contributed by atoms with E-state index in [1.165, 1.54) is 13.2 Å². The molecule has 2 N–H and O–H groups in total. The summed E-state index contributed by atoms with van der Waals surface area (Å²) in [5, 5.41) is 5.81. The number of para-hydroxylation sites is 1. The van der Waals surface area contributed by atoms with Crippen molar-refractivity contribution in [1.29, 1.82) is 0 Å². The van der Waals surface area contributed by atoms with Crippen LogP contribution in [0.15, 0.2) is 42.6 Å². The van der Waals surface area contributed by atoms with E-state index in [1.807, 2.05) is 18.7 Å². The number of carbonyl (C=O) groups excluding carboxylic acids is 2. The van der Waals surface area contributed by atoms with Gasteiger partial charge >= 0.3 is 6.18 Å². The van der Waals surface area contributed by atoms with E-state index in [0.717, 1.165) is 12.3 Å². The van der Waals surface area contributed by atoms with Crippen LogP contribution >= 0.6 is 0 Å². The molecule has 1 unspecified atom stereocenters. The smallest absolute Gasteiger partial charge is 0.417 e. The Hall–Kier alpha value is -3.30. The number of hydrogen-bond donors (Lipinski definition) is 2. The molecule has 184 valence electrons. The average Bonchev–Trinajstić information content (AvgIpc) is 2.82. The number of rotatable bonds is 7. The fourth-order valence-electron chi connectivity index (χ4n) is 3.87. The number of ether oxygens (including phenoxy) is 1. The van der Waals surface area contributed by atoms with E-state index in [1.54, 1.807) is 24.3 Å². The molecule has 2 aromatic rings. The van der Waals surface area contributed by atoms with Gasteiger partial charge in [0.2, 0.25) is 5.91 Å². The van der Waals surface area contributed by atoms with Crippen molar-refractivity contribution in [1.82, 2.24) is 15.6 Å². The molecule has 1 aromatic carbocycles. The Labute approximate surface area is 196 Å². The van der Waals surface area contributed by atoms with Gasteiger partial charge in [-0.15, -0.1) is 0 Å². The Balaban J connectivity index is 1.56. The summed E-state index contributed by atoms with van der Waals surface area (Å²) < 4.78 is 43.5. The van der Waals surface area contributed by atoms with Crippen molar-refractivity contribution in [3.05, 3.63) is 53.7 Å². The van der Waals surface area contributed by atoms with E-state index < -0.39 is 23.7 Å². The first-order chi connectivity index (χ1) is 16.1. The lowest BCUT2D eigenvalue weighted by molar-refractivity contribution is -0.137. The summed E-state index contributed by atoms with van der Waals surface area (Å²) in [6.07, 6.45) is -2.36. The molecule has 0 aliphatic carbocycles. The number of carbonyl (C=O) groups is 2. The Morgan fingerprint density at radius 2 is 1.79 bits per heavy atom. The molecule has 1 aromatic heterocycles. The molecule has 1 saturated heterocycles. The fourth-order valence-corrected chi connectivity index (χ4v) is 3.87. The van der Waals surface area contributed by atoms with Crippen LogP contribution in [0.4, 0.5) is 19.0 Å². The van der Waals surface area contributed by atoms with Crippen LogP contribution in [0, 0.1) is 5.92 Å². The summed E-state index contributed by atoms with van der Waals surface area (Å²) in [6.45, 7) is 4.80. The van der Waals surface area contributed by atoms with Gasteiger partial charge in [0.05, 0.1) is 18.2 Å². The standard InChI is InChI=1S/C24H29F3N4O3/c1-15(2)21(30-22(32)18-6-4-5-7-19(18)34-3)23(33)29-17-10-12-31(13-11-17)20-9-8-16(14-28-20)24(25,26)27/h4-9,14-15,17,21H,10-13H2,1-3H3,(H,29,33)(H,30,32). The van der Waals surface area contributed by atoms with Gasteiger partial charge in [-0.25, -0.2) is 4.98 Å². The lowest BCUT2D eigenvalue weighted by atomic mass is 10.00. The van der Waals surface area contributed by atoms with Crippen molar-refractivity contribution in [3.63, 3.8) is 0 Å². The molecule has 2 amide bonds. The van der Waals surface area contributed by atoms with Crippen molar-refractivity contribution in [3.8, 4) is 5.75 Å². The van der Waals surface area contributed by atoms with Crippen LogP contribution in [-0.4, -0.2) is 49.1 Å². The van der Waals surface area contributed by atoms with Gasteiger partial charge in [-0.3, -0.25) is 9.59 Å². The zero-order chi connectivity index (χ0) is 24.9. The molecule has 0 spiro atoms. The molecule has 7 nitrogen and oxygen atoms in total. The molecule has 0 bridgehead atoms. The summed E-state index contributed by atoms with van der Waals surface area (Å²) in [7, 11) is 1.48. The third kappa shape index (κ3) is 6.18. The number of amides is 2. The number of hydrogen-bond acceptors (Lipinski definition) is 5. The molecule has 2 heterocycles. The predicted octanol–water partition coefficient (Wildman–Crippen LogP) is 3.65. The molecule has 1 aliphatic rings. The Morgan fingerprint density at radius 1 is 1.12 bits per heavy atom. The lowest BCUT2D eigenvalue weighted by Gasteiger charge is -2.34. The van der Waals surface area contributed by atoms with Gasteiger partial charge in [-0.1, -0.05) is 26.0 Å². The molecular weight excluding hydrogens is 449 g/mol. The zero-order valence-corrected chi connectivity index (χ0v) is 19.4. The van der Waals surface area contributed by atoms with Crippen LogP contribution in [0.1, 0.15) is 42.6 Å². The first-order valence-corrected chi connectivity index (χ1v) is 11.1. The van der Waals surface area contributed by atoms with Crippen LogP contribution in [0.5, 0.6) is 5.75 Å². The largest absolute Gasteiger partial charge is 0.496 e. The van der Waals surface area contributed by atoms with E-state index in [9.17, 15) is 22.8 Å². The van der Waals surface area contributed by atoms with Crippen molar-refractivity contribution >= 4 is 17.6 Å². The number of pyridine rings is 1. The van der Waals surface area contributed by atoms with Crippen LogP contribution in [-0.2, 0) is 11.0 Å². The van der Waals surface area contributed by atoms with Gasteiger partial charge in [-0.2, -0.15) is 13.2 Å². The number of anilines is 1. The lowest BCUT2D eigenvalue weighted by Crippen LogP contribution is -2.54. The van der Waals surface area contributed by atoms with Crippen LogP contribution in [0.3, 0.4) is 0 Å². The fraction of sp³-hybridized carbons (Fsp3) is 0.458. The molecule has 0 radical (unpaired) electrons. The number of methoxy groups -OCH3 is 1. The number of halogens is 3. The van der Waals surface area contributed by atoms with E-state index >= 15 is 0 Å². The summed E-state index contributed by atoms with van der Waals surface area (Å²) >= 11 is 0. The summed E-state index contributed by atoms with van der Waals surface area (Å²) in [4.78, 5) is 31.6. The van der Waals surface area contributed by atoms with E-state index in [-0.39, 0.29) is 17.9 Å². The monoisotopic (exact) mass is 478 g/mol. The summed E-state index contributed by atoms with van der Waals surface area (Å²) in [5.41, 5.74) is -0.436. The molecule has 34 heavy (non-hydrogen) atoms. The van der Waals surface area contributed by atoms with E-state index in [2.05, 4.69) is 15.6 Å². The molecule has 0 saturated carbocycles. The third-order valence-electron chi connectivity index (χ3n) is 5.83. The number of aromatic nitrogens is 1. The van der Waals surface area contributed by atoms with Gasteiger partial charge in [0.15, 0.2) is 0 Å². The normalized spacial score (nSPS) is 15.7. The second kappa shape index (κ2) is 10.8. The Kier molecular flexibility index (Phi) is 8.01. The molecule has 1 fully saturated rings. The van der Waals surface area contributed by atoms with Gasteiger partial charge < -0.3 is 20.3 Å². The molecular formula is C24H29F3N4O3. The van der Waals surface area contributed by atoms with Crippen LogP contribution < -0.4 is 20.3 Å². The second-order valence-electron chi connectivity index (χ2n) is 8.57. The summed E-state index contributed by atoms with van der Waals surface area (Å²) in [5.74, 6) is 0.0861. The third-order valence-corrected chi connectivity index (χ3v) is 5.83. The van der Waals surface area contributed by atoms with Gasteiger partial charge in [0.1, 0.15) is 17.6 Å². The SMILES string of the molecule is COc1ccccc1C(=O)NC(C(=O)NC1CCN(c2ccc(C(F)(F)F)cn2)CC1)C(C)C. The second-order valence-corrected chi connectivity index (χ2v) is 8.57. The minimum atomic E-state index is -4.42. The predicted molar refractivity (Wildman–Crippen MR) is 122 cm³/mol. The minimum Gasteiger partial charge on any atom is -0.496 e. The van der Waals surface area contributed by atoms with Gasteiger partial charge in [-0.05, 0) is 43.0 Å². The molecule has 10 heteroatoms. The number of alkyl halides is 3. The Bertz CT molecular complexity index is 988. The van der Waals surface area contributed by atoms with E-state index in [0.29, 0.717) is 43.1 Å². The quantitative estimate of drug-likeness (QED) is 0.635. The first-order valence-electron chi connectivity index (χ1n) is 11.1. The zero-order valence-electron chi connectivity index (χ0n) is 19.4. The number of benzene rings is 1. The highest BCUT2D eigenvalue weighted by atomic mass is 19.4. The van der Waals surface area contributed by atoms with Crippen molar-refractivity contribution < 1.29 is 27.5 Å². The van der Waals surface area contributed by atoms with E-state index in [4.69, 9.17) is 4.74 Å². The summed E-state index contributed by atoms with van der Waals surface area (Å²) in [6, 6.07) is 8.34. The van der Waals surface area contributed by atoms with Gasteiger partial charge in [0, 0.05) is 25.3 Å².